The van der Waals surface area contributed by atoms with E-state index in [-0.39, 0.29) is 24.4 Å². The number of aliphatic hydroxyl groups excluding tert-OH is 1. The molecule has 1 aliphatic rings. The lowest BCUT2D eigenvalue weighted by atomic mass is 10.2. The zero-order valence-electron chi connectivity index (χ0n) is 11.1. The molecule has 0 spiro atoms. The molecule has 2 N–H and O–H groups in total. The molecule has 1 aromatic rings. The Hall–Kier alpha value is -1.44. The van der Waals surface area contributed by atoms with Crippen molar-refractivity contribution in [2.75, 3.05) is 19.7 Å². The highest BCUT2D eigenvalue weighted by molar-refractivity contribution is 5.88. The minimum absolute atomic E-state index is 0.0207. The number of carboxylic acids is 1. The molecule has 19 heavy (non-hydrogen) atoms. The van der Waals surface area contributed by atoms with Gasteiger partial charge in [0.05, 0.1) is 30.7 Å². The van der Waals surface area contributed by atoms with E-state index in [0.717, 1.165) is 0 Å². The van der Waals surface area contributed by atoms with Crippen molar-refractivity contribution in [2.24, 2.45) is 7.05 Å². The van der Waals surface area contributed by atoms with Crippen LogP contribution < -0.4 is 0 Å². The van der Waals surface area contributed by atoms with Crippen LogP contribution in [0.15, 0.2) is 6.20 Å². The quantitative estimate of drug-likeness (QED) is 0.780. The number of carbonyl (C=O) groups is 1. The lowest BCUT2D eigenvalue weighted by Gasteiger charge is -2.36. The van der Waals surface area contributed by atoms with E-state index in [1.54, 1.807) is 11.7 Å². The van der Waals surface area contributed by atoms with Crippen LogP contribution >= 0.6 is 0 Å². The summed E-state index contributed by atoms with van der Waals surface area (Å²) in [7, 11) is 1.73. The van der Waals surface area contributed by atoms with E-state index in [1.165, 1.54) is 6.20 Å². The molecule has 0 amide bonds. The number of aromatic carboxylic acids is 1. The van der Waals surface area contributed by atoms with Gasteiger partial charge in [-0.05, 0) is 6.92 Å². The second-order valence-electron chi connectivity index (χ2n) is 4.88. The van der Waals surface area contributed by atoms with E-state index in [0.29, 0.717) is 25.3 Å². The first-order valence-electron chi connectivity index (χ1n) is 6.24. The third kappa shape index (κ3) is 3.12. The van der Waals surface area contributed by atoms with Gasteiger partial charge in [0.2, 0.25) is 0 Å². The number of aliphatic hydroxyl groups is 1. The molecular weight excluding hydrogens is 250 g/mol. The molecule has 2 heterocycles. The molecule has 0 radical (unpaired) electrons. The molecule has 0 aliphatic carbocycles. The van der Waals surface area contributed by atoms with Crippen LogP contribution in [0.5, 0.6) is 0 Å². The fourth-order valence-electron chi connectivity index (χ4n) is 2.41. The van der Waals surface area contributed by atoms with Crippen molar-refractivity contribution in [1.29, 1.82) is 0 Å². The van der Waals surface area contributed by atoms with Crippen molar-refractivity contribution in [3.05, 3.63) is 17.5 Å². The highest BCUT2D eigenvalue weighted by Crippen LogP contribution is 2.16. The molecule has 7 heteroatoms. The molecule has 1 aromatic heterocycles. The Labute approximate surface area is 111 Å². The van der Waals surface area contributed by atoms with Crippen LogP contribution in [0.2, 0.25) is 0 Å². The van der Waals surface area contributed by atoms with Gasteiger partial charge in [-0.1, -0.05) is 0 Å². The van der Waals surface area contributed by atoms with Crippen LogP contribution in [0, 0.1) is 0 Å². The van der Waals surface area contributed by atoms with Crippen LogP contribution in [0.1, 0.15) is 23.0 Å². The number of aromatic nitrogens is 2. The number of morpholine rings is 1. The van der Waals surface area contributed by atoms with Gasteiger partial charge in [-0.2, -0.15) is 5.10 Å². The van der Waals surface area contributed by atoms with Gasteiger partial charge in [-0.3, -0.25) is 9.58 Å². The van der Waals surface area contributed by atoms with Gasteiger partial charge in [0.25, 0.3) is 0 Å². The molecule has 2 unspecified atom stereocenters. The second-order valence-corrected chi connectivity index (χ2v) is 4.88. The Morgan fingerprint density at radius 1 is 1.58 bits per heavy atom. The predicted molar refractivity (Wildman–Crippen MR) is 66.9 cm³/mol. The van der Waals surface area contributed by atoms with Crippen molar-refractivity contribution in [2.45, 2.75) is 25.7 Å². The molecule has 1 aliphatic heterocycles. The smallest absolute Gasteiger partial charge is 0.339 e. The summed E-state index contributed by atoms with van der Waals surface area (Å²) in [6.07, 6.45) is 1.17. The number of hydrogen-bond donors (Lipinski definition) is 2. The number of ether oxygens (including phenoxy) is 1. The third-order valence-electron chi connectivity index (χ3n) is 3.27. The maximum Gasteiger partial charge on any atom is 0.339 e. The summed E-state index contributed by atoms with van der Waals surface area (Å²) in [5.41, 5.74) is 0.889. The Bertz CT molecular complexity index is 460. The predicted octanol–water partition coefficient (Wildman–Crippen LogP) is -0.300. The van der Waals surface area contributed by atoms with Crippen molar-refractivity contribution in [1.82, 2.24) is 14.7 Å². The van der Waals surface area contributed by atoms with Gasteiger partial charge < -0.3 is 14.9 Å². The third-order valence-corrected chi connectivity index (χ3v) is 3.27. The molecule has 2 rings (SSSR count). The highest BCUT2D eigenvalue weighted by Gasteiger charge is 2.26. The van der Waals surface area contributed by atoms with E-state index in [1.807, 2.05) is 6.92 Å². The van der Waals surface area contributed by atoms with E-state index in [2.05, 4.69) is 10.00 Å². The first-order chi connectivity index (χ1) is 9.01. The molecular formula is C12H19N3O4. The second kappa shape index (κ2) is 5.68. The van der Waals surface area contributed by atoms with Crippen LogP contribution in [0.3, 0.4) is 0 Å². The van der Waals surface area contributed by atoms with Gasteiger partial charge in [0, 0.05) is 26.7 Å². The van der Waals surface area contributed by atoms with Crippen molar-refractivity contribution >= 4 is 5.97 Å². The van der Waals surface area contributed by atoms with Gasteiger partial charge in [-0.25, -0.2) is 4.79 Å². The number of hydrogen-bond acceptors (Lipinski definition) is 5. The molecule has 0 aromatic carbocycles. The van der Waals surface area contributed by atoms with Gasteiger partial charge in [0.15, 0.2) is 0 Å². The van der Waals surface area contributed by atoms with Crippen LogP contribution in [-0.4, -0.2) is 62.8 Å². The number of aryl methyl sites for hydroxylation is 1. The van der Waals surface area contributed by atoms with Gasteiger partial charge in [0.1, 0.15) is 5.56 Å². The molecule has 1 saturated heterocycles. The maximum atomic E-state index is 11.1. The zero-order valence-corrected chi connectivity index (χ0v) is 11.1. The minimum Gasteiger partial charge on any atom is -0.478 e. The molecule has 0 saturated carbocycles. The lowest BCUT2D eigenvalue weighted by Crippen LogP contribution is -2.47. The summed E-state index contributed by atoms with van der Waals surface area (Å²) in [6, 6.07) is 0. The van der Waals surface area contributed by atoms with Crippen molar-refractivity contribution < 1.29 is 19.7 Å². The number of carboxylic acid groups (broad SMARTS) is 1. The summed E-state index contributed by atoms with van der Waals surface area (Å²) in [5, 5.41) is 22.3. The van der Waals surface area contributed by atoms with Crippen LogP contribution in [-0.2, 0) is 18.3 Å². The normalized spacial score (nSPS) is 24.6. The first kappa shape index (κ1) is 14.0. The number of rotatable bonds is 4. The first-order valence-corrected chi connectivity index (χ1v) is 6.24. The lowest BCUT2D eigenvalue weighted by molar-refractivity contribution is -0.0976. The van der Waals surface area contributed by atoms with E-state index in [9.17, 15) is 9.90 Å². The van der Waals surface area contributed by atoms with Gasteiger partial charge >= 0.3 is 5.97 Å². The molecule has 0 bridgehead atoms. The van der Waals surface area contributed by atoms with E-state index < -0.39 is 5.97 Å². The summed E-state index contributed by atoms with van der Waals surface area (Å²) in [6.45, 7) is 3.70. The van der Waals surface area contributed by atoms with Crippen molar-refractivity contribution in [3.63, 3.8) is 0 Å². The maximum absolute atomic E-state index is 11.1. The van der Waals surface area contributed by atoms with Gasteiger partial charge in [-0.15, -0.1) is 0 Å². The summed E-state index contributed by atoms with van der Waals surface area (Å²) in [5.74, 6) is -0.969. The standard InChI is InChI=1S/C12H19N3O4/c1-8-4-15(5-9(7-16)19-8)6-11-10(12(17)18)3-13-14(11)2/h3,8-9,16H,4-7H2,1-2H3,(H,17,18). The summed E-state index contributed by atoms with van der Waals surface area (Å²) in [4.78, 5) is 13.2. The summed E-state index contributed by atoms with van der Waals surface area (Å²) < 4.78 is 7.14. The summed E-state index contributed by atoms with van der Waals surface area (Å²) >= 11 is 0. The minimum atomic E-state index is -0.969. The highest BCUT2D eigenvalue weighted by atomic mass is 16.5. The van der Waals surface area contributed by atoms with E-state index in [4.69, 9.17) is 9.84 Å². The average molecular weight is 269 g/mol. The largest absolute Gasteiger partial charge is 0.478 e. The molecule has 2 atom stereocenters. The Morgan fingerprint density at radius 3 is 2.95 bits per heavy atom. The van der Waals surface area contributed by atoms with Crippen LogP contribution in [0.25, 0.3) is 0 Å². The Kier molecular flexibility index (Phi) is 4.18. The number of nitrogens with zero attached hydrogens (tertiary/aromatic N) is 3. The Balaban J connectivity index is 2.12. The fraction of sp³-hybridized carbons (Fsp3) is 0.667. The zero-order chi connectivity index (χ0) is 14.0. The van der Waals surface area contributed by atoms with Crippen molar-refractivity contribution in [3.8, 4) is 0 Å². The monoisotopic (exact) mass is 269 g/mol. The molecule has 106 valence electrons. The average Bonchev–Trinajstić information content (AvgIpc) is 2.70. The SMILES string of the molecule is CC1CN(Cc2c(C(=O)O)cnn2C)CC(CO)O1. The Morgan fingerprint density at radius 2 is 2.32 bits per heavy atom. The van der Waals surface area contributed by atoms with E-state index >= 15 is 0 Å². The van der Waals surface area contributed by atoms with Crippen LogP contribution in [0.4, 0.5) is 0 Å². The molecule has 7 nitrogen and oxygen atoms in total. The fourth-order valence-corrected chi connectivity index (χ4v) is 2.41. The topological polar surface area (TPSA) is 87.8 Å². The molecule has 1 fully saturated rings.